The summed E-state index contributed by atoms with van der Waals surface area (Å²) in [7, 11) is 0. The quantitative estimate of drug-likeness (QED) is 0.487. The first-order valence-corrected chi connectivity index (χ1v) is 7.44. The number of nitrogens with two attached hydrogens (primary N) is 1. The molecule has 1 aliphatic carbocycles. The van der Waals surface area contributed by atoms with Crippen LogP contribution in [0.1, 0.15) is 25.7 Å². The van der Waals surface area contributed by atoms with E-state index < -0.39 is 18.0 Å². The fourth-order valence-electron chi connectivity index (χ4n) is 2.62. The van der Waals surface area contributed by atoms with Crippen LogP contribution in [0.3, 0.4) is 0 Å². The van der Waals surface area contributed by atoms with Gasteiger partial charge in [-0.1, -0.05) is 12.1 Å². The van der Waals surface area contributed by atoms with Crippen LogP contribution in [0.2, 0.25) is 0 Å². The van der Waals surface area contributed by atoms with Crippen LogP contribution >= 0.6 is 0 Å². The summed E-state index contributed by atoms with van der Waals surface area (Å²) < 4.78 is 67.5. The van der Waals surface area contributed by atoms with Gasteiger partial charge in [-0.05, 0) is 30.9 Å². The molecule has 24 heavy (non-hydrogen) atoms. The lowest BCUT2D eigenvalue weighted by atomic mass is 9.87. The average molecular weight is 351 g/mol. The molecule has 9 heteroatoms. The van der Waals surface area contributed by atoms with Crippen molar-refractivity contribution in [2.75, 3.05) is 11.9 Å². The molecular weight excluding hydrogens is 333 g/mol. The Morgan fingerprint density at radius 1 is 1.33 bits per heavy atom. The Kier molecular flexibility index (Phi) is 5.51. The molecule has 0 amide bonds. The van der Waals surface area contributed by atoms with Crippen molar-refractivity contribution in [3.63, 3.8) is 0 Å². The van der Waals surface area contributed by atoms with Gasteiger partial charge in [0.25, 0.3) is 0 Å². The average Bonchev–Trinajstić information content (AvgIpc) is 2.45. The molecule has 4 nitrogen and oxygen atoms in total. The molecule has 0 saturated heterocycles. The van der Waals surface area contributed by atoms with Crippen LogP contribution in [0.5, 0.6) is 5.75 Å². The van der Waals surface area contributed by atoms with Crippen LogP contribution in [0, 0.1) is 5.92 Å². The Bertz CT molecular complexity index is 589. The second-order valence-electron chi connectivity index (χ2n) is 5.71. The number of benzene rings is 1. The lowest BCUT2D eigenvalue weighted by Gasteiger charge is -2.27. The summed E-state index contributed by atoms with van der Waals surface area (Å²) in [5, 5.41) is 2.51. The summed E-state index contributed by atoms with van der Waals surface area (Å²) in [6.45, 7) is 0.0940. The van der Waals surface area contributed by atoms with Gasteiger partial charge in [0.15, 0.2) is 11.7 Å². The van der Waals surface area contributed by atoms with Crippen molar-refractivity contribution < 1.29 is 26.7 Å². The number of aliphatic imine (C=N–C) groups is 1. The van der Waals surface area contributed by atoms with Gasteiger partial charge in [0.05, 0.1) is 5.69 Å². The number of hydrogen-bond donors (Lipinski definition) is 2. The number of hydrogen-bond acceptors (Lipinski definition) is 2. The van der Waals surface area contributed by atoms with Crippen LogP contribution < -0.4 is 15.8 Å². The van der Waals surface area contributed by atoms with Crippen LogP contribution in [0.25, 0.3) is 0 Å². The molecule has 1 aromatic carbocycles. The topological polar surface area (TPSA) is 59.6 Å². The van der Waals surface area contributed by atoms with Gasteiger partial charge in [-0.25, -0.2) is 8.78 Å². The minimum atomic E-state index is -4.84. The van der Waals surface area contributed by atoms with Gasteiger partial charge in [-0.3, -0.25) is 4.99 Å². The number of anilines is 1. The summed E-state index contributed by atoms with van der Waals surface area (Å²) in [4.78, 5) is 3.96. The van der Waals surface area contributed by atoms with E-state index in [1.165, 1.54) is 18.2 Å². The summed E-state index contributed by atoms with van der Waals surface area (Å²) in [6, 6.07) is 5.35. The first-order valence-electron chi connectivity index (χ1n) is 7.44. The van der Waals surface area contributed by atoms with Crippen molar-refractivity contribution in [1.82, 2.24) is 0 Å². The molecule has 0 spiro atoms. The zero-order valence-corrected chi connectivity index (χ0v) is 12.7. The largest absolute Gasteiger partial charge is 0.573 e. The molecule has 1 fully saturated rings. The Balaban J connectivity index is 1.98. The van der Waals surface area contributed by atoms with Gasteiger partial charge in [0.1, 0.15) is 0 Å². The van der Waals surface area contributed by atoms with Gasteiger partial charge in [-0.15, -0.1) is 13.2 Å². The maximum absolute atomic E-state index is 13.3. The van der Waals surface area contributed by atoms with E-state index in [1.54, 1.807) is 0 Å². The summed E-state index contributed by atoms with van der Waals surface area (Å²) in [5.41, 5.74) is 5.63. The maximum atomic E-state index is 13.3. The molecule has 1 aromatic rings. The van der Waals surface area contributed by atoms with Crippen LogP contribution in [0.4, 0.5) is 27.6 Å². The van der Waals surface area contributed by atoms with E-state index in [0.717, 1.165) is 6.07 Å². The third-order valence-electron chi connectivity index (χ3n) is 3.64. The minimum Gasteiger partial charge on any atom is -0.404 e. The molecule has 3 N–H and O–H groups in total. The van der Waals surface area contributed by atoms with E-state index >= 15 is 0 Å². The third-order valence-corrected chi connectivity index (χ3v) is 3.64. The first kappa shape index (κ1) is 18.3. The van der Waals surface area contributed by atoms with Gasteiger partial charge in [-0.2, -0.15) is 0 Å². The van der Waals surface area contributed by atoms with E-state index in [9.17, 15) is 22.0 Å². The van der Waals surface area contributed by atoms with Crippen molar-refractivity contribution >= 4 is 11.6 Å². The first-order chi connectivity index (χ1) is 11.1. The van der Waals surface area contributed by atoms with Crippen molar-refractivity contribution in [1.29, 1.82) is 0 Å². The molecule has 1 saturated carbocycles. The summed E-state index contributed by atoms with van der Waals surface area (Å²) in [5.74, 6) is -3.58. The van der Waals surface area contributed by atoms with Gasteiger partial charge in [0, 0.05) is 19.4 Å². The highest BCUT2D eigenvalue weighted by Gasteiger charge is 2.36. The van der Waals surface area contributed by atoms with Crippen molar-refractivity contribution in [3.8, 4) is 5.75 Å². The number of guanidine groups is 1. The highest BCUT2D eigenvalue weighted by Crippen LogP contribution is 2.36. The van der Waals surface area contributed by atoms with E-state index in [1.807, 2.05) is 0 Å². The third kappa shape index (κ3) is 5.86. The standard InChI is InChI=1S/C15H18F5N3O/c16-14(17)7-3-4-10(8-14)9-22-13(21)23-11-5-1-2-6-12(11)24-15(18,19)20/h1-2,5-6,10H,3-4,7-9H2,(H3,21,22,23). The highest BCUT2D eigenvalue weighted by atomic mass is 19.4. The van der Waals surface area contributed by atoms with Gasteiger partial charge >= 0.3 is 6.36 Å². The molecule has 1 unspecified atom stereocenters. The molecular formula is C15H18F5N3O. The normalized spacial score (nSPS) is 21.4. The molecule has 0 aliphatic heterocycles. The zero-order chi connectivity index (χ0) is 17.8. The monoisotopic (exact) mass is 351 g/mol. The van der Waals surface area contributed by atoms with Crippen molar-refractivity contribution in [3.05, 3.63) is 24.3 Å². The van der Waals surface area contributed by atoms with Crippen molar-refractivity contribution in [2.45, 2.75) is 38.0 Å². The number of nitrogens with one attached hydrogen (secondary N) is 1. The number of nitrogens with zero attached hydrogens (tertiary/aromatic N) is 1. The fraction of sp³-hybridized carbons (Fsp3) is 0.533. The molecule has 0 radical (unpaired) electrons. The minimum absolute atomic E-state index is 0.00921. The molecule has 0 heterocycles. The number of halogens is 5. The zero-order valence-electron chi connectivity index (χ0n) is 12.7. The fourth-order valence-corrected chi connectivity index (χ4v) is 2.62. The SMILES string of the molecule is NC(=NCC1CCCC(F)(F)C1)Nc1ccccc1OC(F)(F)F. The predicted octanol–water partition coefficient (Wildman–Crippen LogP) is 4.14. The van der Waals surface area contributed by atoms with E-state index in [-0.39, 0.29) is 37.0 Å². The van der Waals surface area contributed by atoms with Crippen molar-refractivity contribution in [2.24, 2.45) is 16.6 Å². The van der Waals surface area contributed by atoms with E-state index in [2.05, 4.69) is 15.0 Å². The molecule has 0 aromatic heterocycles. The maximum Gasteiger partial charge on any atom is 0.573 e. The smallest absolute Gasteiger partial charge is 0.404 e. The molecule has 1 aliphatic rings. The Hall–Kier alpha value is -2.06. The summed E-state index contributed by atoms with van der Waals surface area (Å²) >= 11 is 0. The van der Waals surface area contributed by atoms with E-state index in [0.29, 0.717) is 12.8 Å². The number of ether oxygens (including phenoxy) is 1. The second kappa shape index (κ2) is 7.23. The molecule has 1 atom stereocenters. The van der Waals surface area contributed by atoms with Gasteiger partial charge < -0.3 is 15.8 Å². The number of rotatable bonds is 4. The lowest BCUT2D eigenvalue weighted by molar-refractivity contribution is -0.274. The Morgan fingerprint density at radius 2 is 2.04 bits per heavy atom. The molecule has 0 bridgehead atoms. The number of para-hydroxylation sites is 2. The Morgan fingerprint density at radius 3 is 2.71 bits per heavy atom. The second-order valence-corrected chi connectivity index (χ2v) is 5.71. The van der Waals surface area contributed by atoms with Crippen LogP contribution in [-0.4, -0.2) is 24.8 Å². The van der Waals surface area contributed by atoms with Crippen LogP contribution in [0.15, 0.2) is 29.3 Å². The number of alkyl halides is 5. The van der Waals surface area contributed by atoms with Gasteiger partial charge in [0.2, 0.25) is 5.92 Å². The predicted molar refractivity (Wildman–Crippen MR) is 80.1 cm³/mol. The Labute approximate surface area is 135 Å². The van der Waals surface area contributed by atoms with Crippen LogP contribution in [-0.2, 0) is 0 Å². The van der Waals surface area contributed by atoms with E-state index in [4.69, 9.17) is 5.73 Å². The lowest BCUT2D eigenvalue weighted by Crippen LogP contribution is -2.29. The molecule has 134 valence electrons. The molecule has 2 rings (SSSR count). The summed E-state index contributed by atoms with van der Waals surface area (Å²) in [6.07, 6.45) is -4.17. The highest BCUT2D eigenvalue weighted by molar-refractivity contribution is 5.93.